The molecule has 0 atom stereocenters. The summed E-state index contributed by atoms with van der Waals surface area (Å²) in [5.41, 5.74) is 0.525. The van der Waals surface area contributed by atoms with Crippen LogP contribution in [-0.4, -0.2) is 77.4 Å². The highest BCUT2D eigenvalue weighted by atomic mass is 19.4. The predicted octanol–water partition coefficient (Wildman–Crippen LogP) is 6.38. The normalized spacial score (nSPS) is 26.2. The summed E-state index contributed by atoms with van der Waals surface area (Å²) in [5, 5.41) is 0. The van der Waals surface area contributed by atoms with Gasteiger partial charge in [0.05, 0.1) is 12.1 Å². The number of piperidine rings is 2. The number of hydrogen-bond donors (Lipinski definition) is 0. The van der Waals surface area contributed by atoms with Gasteiger partial charge >= 0.3 is 12.3 Å². The van der Waals surface area contributed by atoms with Gasteiger partial charge in [0.15, 0.2) is 5.78 Å². The Hall–Kier alpha value is -3.14. The van der Waals surface area contributed by atoms with Gasteiger partial charge in [-0.1, -0.05) is 30.4 Å². The number of ketones is 1. The molecule has 0 radical (unpaired) electrons. The Balaban J connectivity index is 0.912. The standard InChI is InChI=1S/C35H44F3N3O4/c36-35(37,38)30-12-8-25(9-13-30)22-39-20-16-34(17-21-39)24-41(33(44)45-34)23-26-6-10-29(11-7-26)32(43)40-18-14-28(15-19-40)31(42)27-4-2-1-3-5-27/h2,4-5,8-9,12-13,26,28-29H,1,3,6-7,10-11,14-24H2. The summed E-state index contributed by atoms with van der Waals surface area (Å²) in [6, 6.07) is 5.32. The average Bonchev–Trinajstić information content (AvgIpc) is 3.35. The van der Waals surface area contributed by atoms with Gasteiger partial charge in [-0.15, -0.1) is 0 Å². The molecule has 5 aliphatic rings. The zero-order valence-corrected chi connectivity index (χ0v) is 25.9. The first-order valence-electron chi connectivity index (χ1n) is 16.6. The number of rotatable bonds is 7. The van der Waals surface area contributed by atoms with E-state index in [1.165, 1.54) is 12.1 Å². The Morgan fingerprint density at radius 1 is 0.889 bits per heavy atom. The number of hydrogen-bond acceptors (Lipinski definition) is 5. The molecule has 4 fully saturated rings. The lowest BCUT2D eigenvalue weighted by Gasteiger charge is -2.38. The quantitative estimate of drug-likeness (QED) is 0.351. The van der Waals surface area contributed by atoms with Crippen LogP contribution in [0.15, 0.2) is 48.1 Å². The number of likely N-dealkylation sites (tertiary alicyclic amines) is 2. The topological polar surface area (TPSA) is 70.2 Å². The molecule has 2 aliphatic carbocycles. The van der Waals surface area contributed by atoms with Crippen LogP contribution in [0.25, 0.3) is 0 Å². The van der Waals surface area contributed by atoms with Crippen molar-refractivity contribution in [2.24, 2.45) is 17.8 Å². The minimum absolute atomic E-state index is 0.00793. The van der Waals surface area contributed by atoms with Gasteiger partial charge in [0.2, 0.25) is 5.91 Å². The number of halogens is 3. The van der Waals surface area contributed by atoms with E-state index in [1.807, 2.05) is 22.0 Å². The lowest BCUT2D eigenvalue weighted by molar-refractivity contribution is -0.139. The highest BCUT2D eigenvalue weighted by Crippen LogP contribution is 2.37. The van der Waals surface area contributed by atoms with Crippen LogP contribution in [0.5, 0.6) is 0 Å². The largest absolute Gasteiger partial charge is 0.441 e. The molecule has 1 saturated carbocycles. The van der Waals surface area contributed by atoms with Crippen LogP contribution in [0, 0.1) is 17.8 Å². The third kappa shape index (κ3) is 7.47. The molecule has 7 nitrogen and oxygen atoms in total. The molecule has 0 unspecified atom stereocenters. The van der Waals surface area contributed by atoms with Gasteiger partial charge < -0.3 is 14.5 Å². The van der Waals surface area contributed by atoms with Crippen molar-refractivity contribution in [3.05, 3.63) is 59.2 Å². The van der Waals surface area contributed by atoms with E-state index in [0.717, 1.165) is 87.7 Å². The number of nitrogens with zero attached hydrogens (tertiary/aromatic N) is 3. The van der Waals surface area contributed by atoms with E-state index in [-0.39, 0.29) is 29.6 Å². The maximum Gasteiger partial charge on any atom is 0.416 e. The Morgan fingerprint density at radius 2 is 1.58 bits per heavy atom. The SMILES string of the molecule is O=C(C1=CCCC=C1)C1CCN(C(=O)C2CCC(CN3CC4(CCN(Cc5ccc(C(F)(F)F)cc5)CC4)OC3=O)CC2)CC1. The van der Waals surface area contributed by atoms with Crippen molar-refractivity contribution in [2.45, 2.75) is 82.5 Å². The molecule has 1 spiro atoms. The van der Waals surface area contributed by atoms with Crippen LogP contribution >= 0.6 is 0 Å². The van der Waals surface area contributed by atoms with Crippen molar-refractivity contribution >= 4 is 17.8 Å². The van der Waals surface area contributed by atoms with Crippen LogP contribution in [0.3, 0.4) is 0 Å². The minimum atomic E-state index is -4.34. The van der Waals surface area contributed by atoms with Gasteiger partial charge in [-0.05, 0) is 75.0 Å². The molecular weight excluding hydrogens is 583 g/mol. The van der Waals surface area contributed by atoms with Crippen LogP contribution < -0.4 is 0 Å². The summed E-state index contributed by atoms with van der Waals surface area (Å²) in [6.07, 6.45) is 9.70. The molecular formula is C35H44F3N3O4. The maximum atomic E-state index is 13.3. The fourth-order valence-corrected chi connectivity index (χ4v) is 7.83. The number of allylic oxidation sites excluding steroid dienone is 4. The van der Waals surface area contributed by atoms with Crippen LogP contribution in [-0.2, 0) is 27.0 Å². The Morgan fingerprint density at radius 3 is 2.20 bits per heavy atom. The number of carbonyl (C=O) groups is 3. The first kappa shape index (κ1) is 31.8. The minimum Gasteiger partial charge on any atom is -0.441 e. The van der Waals surface area contributed by atoms with E-state index in [2.05, 4.69) is 11.0 Å². The van der Waals surface area contributed by atoms with E-state index in [9.17, 15) is 27.6 Å². The summed E-state index contributed by atoms with van der Waals surface area (Å²) in [7, 11) is 0. The fraction of sp³-hybridized carbons (Fsp3) is 0.629. The third-order valence-electron chi connectivity index (χ3n) is 10.6. The number of benzene rings is 1. The van der Waals surface area contributed by atoms with E-state index < -0.39 is 17.3 Å². The lowest BCUT2D eigenvalue weighted by Crippen LogP contribution is -2.47. The van der Waals surface area contributed by atoms with Gasteiger partial charge in [0.1, 0.15) is 5.60 Å². The first-order valence-corrected chi connectivity index (χ1v) is 16.6. The number of ether oxygens (including phenoxy) is 1. The van der Waals surface area contributed by atoms with Crippen molar-refractivity contribution in [2.75, 3.05) is 39.3 Å². The summed E-state index contributed by atoms with van der Waals surface area (Å²) in [5.74, 6) is 0.816. The fourth-order valence-electron chi connectivity index (χ4n) is 7.83. The highest BCUT2D eigenvalue weighted by Gasteiger charge is 2.47. The molecule has 3 heterocycles. The molecule has 244 valence electrons. The Kier molecular flexibility index (Phi) is 9.41. The van der Waals surface area contributed by atoms with Crippen molar-refractivity contribution < 1.29 is 32.3 Å². The van der Waals surface area contributed by atoms with E-state index in [1.54, 1.807) is 0 Å². The van der Waals surface area contributed by atoms with Gasteiger partial charge in [-0.2, -0.15) is 13.2 Å². The van der Waals surface area contributed by atoms with Gasteiger partial charge in [-0.3, -0.25) is 14.5 Å². The predicted molar refractivity (Wildman–Crippen MR) is 163 cm³/mol. The van der Waals surface area contributed by atoms with Crippen LogP contribution in [0.4, 0.5) is 18.0 Å². The molecule has 0 bridgehead atoms. The zero-order valence-electron chi connectivity index (χ0n) is 25.9. The molecule has 1 aromatic rings. The number of carbonyl (C=O) groups excluding carboxylic acids is 3. The molecule has 3 aliphatic heterocycles. The maximum absolute atomic E-state index is 13.3. The third-order valence-corrected chi connectivity index (χ3v) is 10.6. The second-order valence-electron chi connectivity index (χ2n) is 13.7. The molecule has 45 heavy (non-hydrogen) atoms. The smallest absolute Gasteiger partial charge is 0.416 e. The van der Waals surface area contributed by atoms with Gasteiger partial charge in [0.25, 0.3) is 0 Å². The van der Waals surface area contributed by atoms with Crippen molar-refractivity contribution in [1.82, 2.24) is 14.7 Å². The second kappa shape index (κ2) is 13.3. The summed E-state index contributed by atoms with van der Waals surface area (Å²) < 4.78 is 44.6. The zero-order chi connectivity index (χ0) is 31.6. The number of Topliss-reactive ketones (excluding diaryl/α,β-unsaturated/α-hetero) is 1. The average molecular weight is 628 g/mol. The Bertz CT molecular complexity index is 1300. The van der Waals surface area contributed by atoms with Crippen LogP contribution in [0.2, 0.25) is 0 Å². The van der Waals surface area contributed by atoms with Gasteiger partial charge in [0, 0.05) is 69.5 Å². The summed E-state index contributed by atoms with van der Waals surface area (Å²) in [4.78, 5) is 45.1. The number of alkyl halides is 3. The van der Waals surface area contributed by atoms with E-state index >= 15 is 0 Å². The first-order chi connectivity index (χ1) is 21.6. The van der Waals surface area contributed by atoms with Crippen molar-refractivity contribution in [3.8, 4) is 0 Å². The van der Waals surface area contributed by atoms with E-state index in [4.69, 9.17) is 4.74 Å². The summed E-state index contributed by atoms with van der Waals surface area (Å²) in [6.45, 7) is 4.52. The Labute approximate surface area is 263 Å². The highest BCUT2D eigenvalue weighted by molar-refractivity contribution is 6.00. The molecule has 10 heteroatoms. The lowest BCUT2D eigenvalue weighted by atomic mass is 9.80. The molecule has 2 amide bonds. The molecule has 1 aromatic carbocycles. The number of amides is 2. The second-order valence-corrected chi connectivity index (χ2v) is 13.7. The molecule has 0 N–H and O–H groups in total. The summed E-state index contributed by atoms with van der Waals surface area (Å²) >= 11 is 0. The molecule has 6 rings (SSSR count). The van der Waals surface area contributed by atoms with E-state index in [0.29, 0.717) is 51.5 Å². The monoisotopic (exact) mass is 627 g/mol. The van der Waals surface area contributed by atoms with Crippen LogP contribution in [0.1, 0.15) is 75.3 Å². The van der Waals surface area contributed by atoms with Crippen molar-refractivity contribution in [3.63, 3.8) is 0 Å². The van der Waals surface area contributed by atoms with Gasteiger partial charge in [-0.25, -0.2) is 4.79 Å². The molecule has 3 saturated heterocycles. The molecule has 0 aromatic heterocycles. The van der Waals surface area contributed by atoms with Crippen molar-refractivity contribution in [1.29, 1.82) is 0 Å².